The van der Waals surface area contributed by atoms with Crippen molar-refractivity contribution in [3.8, 4) is 0 Å². The van der Waals surface area contributed by atoms with Crippen LogP contribution in [0.3, 0.4) is 0 Å². The summed E-state index contributed by atoms with van der Waals surface area (Å²) in [6, 6.07) is 24.0. The van der Waals surface area contributed by atoms with E-state index in [9.17, 15) is 9.59 Å². The van der Waals surface area contributed by atoms with Crippen molar-refractivity contribution >= 4 is 40.5 Å². The Morgan fingerprint density at radius 3 is 2.16 bits per heavy atom. The van der Waals surface area contributed by atoms with Gasteiger partial charge in [-0.15, -0.1) is 0 Å². The van der Waals surface area contributed by atoms with E-state index >= 15 is 0 Å². The zero-order valence-electron chi connectivity index (χ0n) is 21.3. The fourth-order valence-corrected chi connectivity index (χ4v) is 3.87. The van der Waals surface area contributed by atoms with Gasteiger partial charge in [0.15, 0.2) is 0 Å². The lowest BCUT2D eigenvalue weighted by atomic mass is 10.0. The number of anilines is 1. The van der Waals surface area contributed by atoms with E-state index in [0.717, 1.165) is 16.7 Å². The molecule has 3 aromatic carbocycles. The molecule has 3 rings (SSSR count). The number of amides is 2. The Bertz CT molecular complexity index is 1410. The molecule has 0 bridgehead atoms. The van der Waals surface area contributed by atoms with Gasteiger partial charge in [0.1, 0.15) is 5.82 Å². The maximum atomic E-state index is 12.7. The smallest absolute Gasteiger partial charge is 0.252 e. The van der Waals surface area contributed by atoms with Crippen molar-refractivity contribution in [1.82, 2.24) is 16.0 Å². The Kier molecular flexibility index (Phi) is 9.62. The van der Waals surface area contributed by atoms with Crippen LogP contribution in [0, 0.1) is 12.3 Å². The molecule has 194 valence electrons. The third-order valence-electron chi connectivity index (χ3n) is 5.70. The molecule has 0 aliphatic heterocycles. The summed E-state index contributed by atoms with van der Waals surface area (Å²) in [7, 11) is 1.65. The number of carbonyl (C=O) groups is 2. The second-order valence-electron chi connectivity index (χ2n) is 8.35. The molecule has 7 nitrogen and oxygen atoms in total. The molecule has 38 heavy (non-hydrogen) atoms. The molecule has 0 saturated carbocycles. The minimum atomic E-state index is -0.605. The number of hydrogen-bond donors (Lipinski definition) is 5. The van der Waals surface area contributed by atoms with Gasteiger partial charge in [-0.3, -0.25) is 15.0 Å². The third-order valence-corrected chi connectivity index (χ3v) is 6.11. The molecule has 0 spiro atoms. The molecule has 5 N–H and O–H groups in total. The highest BCUT2D eigenvalue weighted by molar-refractivity contribution is 6.35. The number of benzene rings is 3. The third kappa shape index (κ3) is 6.99. The first-order valence-corrected chi connectivity index (χ1v) is 12.2. The van der Waals surface area contributed by atoms with Crippen molar-refractivity contribution < 1.29 is 9.59 Å². The Morgan fingerprint density at radius 1 is 0.895 bits per heavy atom. The molecule has 0 unspecified atom stereocenters. The minimum Gasteiger partial charge on any atom is -0.373 e. The number of nitrogens with one attached hydrogen (secondary N) is 5. The molecule has 2 amide bonds. The van der Waals surface area contributed by atoms with E-state index in [4.69, 9.17) is 17.0 Å². The minimum absolute atomic E-state index is 0.0276. The molecular formula is C30H30ClN5O2. The van der Waals surface area contributed by atoms with E-state index in [2.05, 4.69) is 34.4 Å². The van der Waals surface area contributed by atoms with Crippen LogP contribution >= 0.6 is 11.6 Å². The molecule has 8 heteroatoms. The van der Waals surface area contributed by atoms with Crippen LogP contribution in [0.5, 0.6) is 0 Å². The largest absolute Gasteiger partial charge is 0.373 e. The van der Waals surface area contributed by atoms with Gasteiger partial charge in [0.2, 0.25) is 5.91 Å². The van der Waals surface area contributed by atoms with Crippen molar-refractivity contribution in [2.45, 2.75) is 6.92 Å². The van der Waals surface area contributed by atoms with Crippen LogP contribution in [0.2, 0.25) is 0 Å². The fourth-order valence-electron chi connectivity index (χ4n) is 3.64. The molecule has 0 aromatic heterocycles. The molecule has 0 aliphatic rings. The van der Waals surface area contributed by atoms with E-state index in [1.807, 2.05) is 61.5 Å². The van der Waals surface area contributed by atoms with Crippen LogP contribution in [0.1, 0.15) is 22.3 Å². The summed E-state index contributed by atoms with van der Waals surface area (Å²) in [5, 5.41) is 19.9. The number of carbonyl (C=O) groups excluding carboxylic acids is 2. The molecule has 0 radical (unpaired) electrons. The Morgan fingerprint density at radius 2 is 1.50 bits per heavy atom. The number of para-hydroxylation sites is 1. The summed E-state index contributed by atoms with van der Waals surface area (Å²) in [5.74, 6) is -0.719. The molecule has 0 aliphatic carbocycles. The van der Waals surface area contributed by atoms with Gasteiger partial charge < -0.3 is 21.3 Å². The number of rotatable bonds is 11. The second-order valence-corrected chi connectivity index (χ2v) is 8.73. The van der Waals surface area contributed by atoms with Gasteiger partial charge in [-0.25, -0.2) is 0 Å². The van der Waals surface area contributed by atoms with Gasteiger partial charge in [-0.1, -0.05) is 97.6 Å². The van der Waals surface area contributed by atoms with E-state index < -0.39 is 11.8 Å². The van der Waals surface area contributed by atoms with Crippen molar-refractivity contribution in [3.63, 3.8) is 0 Å². The van der Waals surface area contributed by atoms with Crippen LogP contribution in [0.15, 0.2) is 108 Å². The van der Waals surface area contributed by atoms with Crippen molar-refractivity contribution in [2.75, 3.05) is 18.9 Å². The van der Waals surface area contributed by atoms with E-state index in [0.29, 0.717) is 22.8 Å². The lowest BCUT2D eigenvalue weighted by molar-refractivity contribution is -0.121. The van der Waals surface area contributed by atoms with Gasteiger partial charge in [0.05, 0.1) is 28.5 Å². The monoisotopic (exact) mass is 527 g/mol. The second kappa shape index (κ2) is 13.1. The highest BCUT2D eigenvalue weighted by Crippen LogP contribution is 2.21. The Labute approximate surface area is 227 Å². The molecule has 0 fully saturated rings. The summed E-state index contributed by atoms with van der Waals surface area (Å²) in [5.41, 5.74) is 4.52. The fraction of sp³-hybridized carbons (Fsp3) is 0.100. The molecule has 0 saturated heterocycles. The lowest BCUT2D eigenvalue weighted by Crippen LogP contribution is -2.34. The van der Waals surface area contributed by atoms with Gasteiger partial charge in [0, 0.05) is 29.4 Å². The standard InChI is InChI=1S/C30H30ClN5O2/c1-19-12-8-9-15-23(19)21(3)35-29(33-4)27(31)20(2)30(38)34-18-26(37)36-25-17-11-10-16-24(25)28(32)22-13-6-5-7-14-22/h5-17,32-33,35H,2-3,18H2,1,4H3,(H,34,38)(H,36,37)/b29-27-,32-28?. The highest BCUT2D eigenvalue weighted by atomic mass is 35.5. The van der Waals surface area contributed by atoms with E-state index in [1.54, 1.807) is 31.3 Å². The maximum Gasteiger partial charge on any atom is 0.252 e. The molecule has 3 aromatic rings. The van der Waals surface area contributed by atoms with Crippen molar-refractivity contribution in [1.29, 1.82) is 5.41 Å². The topological polar surface area (TPSA) is 106 Å². The van der Waals surface area contributed by atoms with Gasteiger partial charge in [-0.05, 0) is 18.6 Å². The SMILES string of the molecule is C=C(C(=O)NCC(=O)Nc1ccccc1C(=N)c1ccccc1)/C(Cl)=C(\NC)NC(=C)c1ccccc1C. The van der Waals surface area contributed by atoms with E-state index in [1.165, 1.54) is 0 Å². The summed E-state index contributed by atoms with van der Waals surface area (Å²) >= 11 is 6.45. The summed E-state index contributed by atoms with van der Waals surface area (Å²) in [4.78, 5) is 25.3. The number of halogens is 1. The zero-order chi connectivity index (χ0) is 27.7. The van der Waals surface area contributed by atoms with Gasteiger partial charge in [-0.2, -0.15) is 0 Å². The Hall–Kier alpha value is -4.62. The lowest BCUT2D eigenvalue weighted by Gasteiger charge is -2.17. The summed E-state index contributed by atoms with van der Waals surface area (Å²) < 4.78 is 0. The maximum absolute atomic E-state index is 12.7. The molecular weight excluding hydrogens is 498 g/mol. The van der Waals surface area contributed by atoms with Crippen LogP contribution < -0.4 is 21.3 Å². The average Bonchev–Trinajstić information content (AvgIpc) is 2.94. The van der Waals surface area contributed by atoms with Crippen molar-refractivity contribution in [2.24, 2.45) is 0 Å². The number of hydrogen-bond acceptors (Lipinski definition) is 5. The Balaban J connectivity index is 1.63. The first-order chi connectivity index (χ1) is 18.2. The molecule has 0 atom stereocenters. The van der Waals surface area contributed by atoms with Gasteiger partial charge in [0.25, 0.3) is 5.91 Å². The average molecular weight is 528 g/mol. The predicted molar refractivity (Wildman–Crippen MR) is 155 cm³/mol. The van der Waals surface area contributed by atoms with Crippen LogP contribution in [-0.2, 0) is 9.59 Å². The van der Waals surface area contributed by atoms with Crippen LogP contribution in [0.4, 0.5) is 5.69 Å². The normalized spacial score (nSPS) is 11.0. The quantitative estimate of drug-likeness (QED) is 0.139. The first-order valence-electron chi connectivity index (χ1n) is 11.8. The van der Waals surface area contributed by atoms with Crippen LogP contribution in [-0.4, -0.2) is 31.1 Å². The van der Waals surface area contributed by atoms with Gasteiger partial charge >= 0.3 is 0 Å². The summed E-state index contributed by atoms with van der Waals surface area (Å²) in [6.45, 7) is 9.49. The van der Waals surface area contributed by atoms with Crippen molar-refractivity contribution in [3.05, 3.63) is 131 Å². The number of aryl methyl sites for hydroxylation is 1. The first kappa shape index (κ1) is 28.0. The zero-order valence-corrected chi connectivity index (χ0v) is 22.1. The molecule has 0 heterocycles. The van der Waals surface area contributed by atoms with Crippen LogP contribution in [0.25, 0.3) is 5.70 Å². The highest BCUT2D eigenvalue weighted by Gasteiger charge is 2.18. The summed E-state index contributed by atoms with van der Waals surface area (Å²) in [6.07, 6.45) is 0. The predicted octanol–water partition coefficient (Wildman–Crippen LogP) is 4.91. The van der Waals surface area contributed by atoms with E-state index in [-0.39, 0.29) is 22.9 Å².